The molecule has 0 amide bonds. The van der Waals surface area contributed by atoms with Crippen LogP contribution < -0.4 is 5.56 Å². The van der Waals surface area contributed by atoms with Crippen LogP contribution in [0.5, 0.6) is 0 Å². The number of esters is 1. The van der Waals surface area contributed by atoms with E-state index in [-0.39, 0.29) is 11.5 Å². The van der Waals surface area contributed by atoms with Gasteiger partial charge in [-0.15, -0.1) is 0 Å². The molecule has 0 aliphatic heterocycles. The average molecular weight is 322 g/mol. The Morgan fingerprint density at radius 1 is 1.30 bits per heavy atom. The Hall–Kier alpha value is -2.11. The largest absolute Gasteiger partial charge is 0.501 e. The van der Waals surface area contributed by atoms with Crippen LogP contribution in [0.25, 0.3) is 6.08 Å². The zero-order chi connectivity index (χ0) is 17.6. The predicted octanol–water partition coefficient (Wildman–Crippen LogP) is 2.63. The maximum atomic E-state index is 12.6. The van der Waals surface area contributed by atoms with Crippen LogP contribution in [0.15, 0.2) is 11.1 Å². The van der Waals surface area contributed by atoms with Crippen LogP contribution in [0.1, 0.15) is 50.1 Å². The number of carbonyl (C=O) groups excluding carboxylic acids is 1. The van der Waals surface area contributed by atoms with Crippen LogP contribution in [0.4, 0.5) is 0 Å². The molecule has 0 saturated heterocycles. The van der Waals surface area contributed by atoms with E-state index < -0.39 is 12.0 Å². The second kappa shape index (κ2) is 8.50. The summed E-state index contributed by atoms with van der Waals surface area (Å²) in [5, 5.41) is 4.36. The van der Waals surface area contributed by atoms with Gasteiger partial charge in [-0.25, -0.2) is 9.48 Å². The van der Waals surface area contributed by atoms with Gasteiger partial charge in [-0.3, -0.25) is 4.79 Å². The molecule has 1 aromatic rings. The average Bonchev–Trinajstić information content (AvgIpc) is 2.52. The fourth-order valence-electron chi connectivity index (χ4n) is 2.22. The Bertz CT molecular complexity index is 632. The number of ether oxygens (including phenoxy) is 2. The quantitative estimate of drug-likeness (QED) is 0.570. The van der Waals surface area contributed by atoms with Crippen molar-refractivity contribution < 1.29 is 14.3 Å². The van der Waals surface area contributed by atoms with E-state index in [1.54, 1.807) is 19.3 Å². The lowest BCUT2D eigenvalue weighted by molar-refractivity contribution is -0.145. The third kappa shape index (κ3) is 4.68. The Morgan fingerprint density at radius 2 is 1.96 bits per heavy atom. The molecular weight excluding hydrogens is 296 g/mol. The molecule has 0 spiro atoms. The standard InChI is InChI=1S/C17H26N2O4/c1-7-23-9-8-14-12(4)13(5)16(20)19(18-14)15(10-11(2)3)17(21)22-6/h8-9,11,15H,7,10H2,1-6H3. The van der Waals surface area contributed by atoms with Crippen LogP contribution in [0.3, 0.4) is 0 Å². The molecule has 0 fully saturated rings. The topological polar surface area (TPSA) is 70.4 Å². The SMILES string of the molecule is CCOC=Cc1nn(C(CC(C)C)C(=O)OC)c(=O)c(C)c1C. The van der Waals surface area contributed by atoms with Crippen molar-refractivity contribution in [2.24, 2.45) is 5.92 Å². The Kier molecular flexibility index (Phi) is 7.00. The van der Waals surface area contributed by atoms with Gasteiger partial charge in [-0.1, -0.05) is 13.8 Å². The highest BCUT2D eigenvalue weighted by Crippen LogP contribution is 2.19. The Balaban J connectivity index is 3.42. The van der Waals surface area contributed by atoms with E-state index in [2.05, 4.69) is 5.10 Å². The number of aromatic nitrogens is 2. The van der Waals surface area contributed by atoms with Crippen LogP contribution in [0.2, 0.25) is 0 Å². The molecule has 1 unspecified atom stereocenters. The van der Waals surface area contributed by atoms with Crippen LogP contribution >= 0.6 is 0 Å². The summed E-state index contributed by atoms with van der Waals surface area (Å²) in [7, 11) is 1.32. The van der Waals surface area contributed by atoms with E-state index in [4.69, 9.17) is 9.47 Å². The molecule has 0 aliphatic rings. The first-order chi connectivity index (χ1) is 10.8. The van der Waals surface area contributed by atoms with Crippen molar-refractivity contribution in [2.45, 2.75) is 47.1 Å². The summed E-state index contributed by atoms with van der Waals surface area (Å²) in [4.78, 5) is 24.7. The van der Waals surface area contributed by atoms with Crippen LogP contribution in [0, 0.1) is 19.8 Å². The number of hydrogen-bond donors (Lipinski definition) is 0. The monoisotopic (exact) mass is 322 g/mol. The van der Waals surface area contributed by atoms with E-state index in [0.717, 1.165) is 5.56 Å². The summed E-state index contributed by atoms with van der Waals surface area (Å²) >= 11 is 0. The predicted molar refractivity (Wildman–Crippen MR) is 89.1 cm³/mol. The summed E-state index contributed by atoms with van der Waals surface area (Å²) in [6, 6.07) is -0.731. The second-order valence-corrected chi connectivity index (χ2v) is 5.81. The number of carbonyl (C=O) groups is 1. The van der Waals surface area contributed by atoms with E-state index in [0.29, 0.717) is 24.3 Å². The Labute approximate surface area is 137 Å². The second-order valence-electron chi connectivity index (χ2n) is 5.81. The molecule has 1 rings (SSSR count). The van der Waals surface area contributed by atoms with E-state index in [1.165, 1.54) is 11.8 Å². The van der Waals surface area contributed by atoms with Crippen LogP contribution in [-0.2, 0) is 14.3 Å². The van der Waals surface area contributed by atoms with Gasteiger partial charge in [-0.05, 0) is 38.7 Å². The van der Waals surface area contributed by atoms with Gasteiger partial charge in [-0.2, -0.15) is 5.10 Å². The first-order valence-electron chi connectivity index (χ1n) is 7.79. The maximum Gasteiger partial charge on any atom is 0.330 e. The highest BCUT2D eigenvalue weighted by atomic mass is 16.5. The molecule has 0 bridgehead atoms. The van der Waals surface area contributed by atoms with Crippen molar-refractivity contribution in [1.29, 1.82) is 0 Å². The normalized spacial score (nSPS) is 12.7. The third-order valence-corrected chi connectivity index (χ3v) is 3.64. The van der Waals surface area contributed by atoms with Gasteiger partial charge >= 0.3 is 5.97 Å². The molecule has 23 heavy (non-hydrogen) atoms. The van der Waals surface area contributed by atoms with Gasteiger partial charge in [0.05, 0.1) is 25.7 Å². The van der Waals surface area contributed by atoms with Crippen molar-refractivity contribution in [3.05, 3.63) is 33.4 Å². The van der Waals surface area contributed by atoms with E-state index >= 15 is 0 Å². The third-order valence-electron chi connectivity index (χ3n) is 3.64. The van der Waals surface area contributed by atoms with Gasteiger partial charge in [0, 0.05) is 11.6 Å². The Morgan fingerprint density at radius 3 is 2.48 bits per heavy atom. The molecule has 128 valence electrons. The fraction of sp³-hybridized carbons (Fsp3) is 0.588. The molecule has 6 nitrogen and oxygen atoms in total. The van der Waals surface area contributed by atoms with Gasteiger partial charge < -0.3 is 9.47 Å². The van der Waals surface area contributed by atoms with Crippen molar-refractivity contribution in [3.63, 3.8) is 0 Å². The van der Waals surface area contributed by atoms with Gasteiger partial charge in [0.2, 0.25) is 0 Å². The minimum Gasteiger partial charge on any atom is -0.501 e. The fourth-order valence-corrected chi connectivity index (χ4v) is 2.22. The number of rotatable bonds is 7. The summed E-state index contributed by atoms with van der Waals surface area (Å²) in [5.74, 6) is -0.242. The molecule has 0 aliphatic carbocycles. The van der Waals surface area contributed by atoms with Gasteiger partial charge in [0.1, 0.15) is 0 Å². The van der Waals surface area contributed by atoms with E-state index in [9.17, 15) is 9.59 Å². The molecule has 0 N–H and O–H groups in total. The zero-order valence-electron chi connectivity index (χ0n) is 14.8. The molecular formula is C17H26N2O4. The van der Waals surface area contributed by atoms with E-state index in [1.807, 2.05) is 27.7 Å². The molecule has 6 heteroatoms. The molecule has 1 aromatic heterocycles. The van der Waals surface area contributed by atoms with Crippen molar-refractivity contribution in [2.75, 3.05) is 13.7 Å². The smallest absolute Gasteiger partial charge is 0.330 e. The van der Waals surface area contributed by atoms with Gasteiger partial charge in [0.25, 0.3) is 5.56 Å². The lowest BCUT2D eigenvalue weighted by atomic mass is 10.0. The first-order valence-corrected chi connectivity index (χ1v) is 7.79. The molecule has 0 aromatic carbocycles. The minimum atomic E-state index is -0.731. The van der Waals surface area contributed by atoms with Crippen molar-refractivity contribution in [3.8, 4) is 0 Å². The van der Waals surface area contributed by atoms with Crippen LogP contribution in [-0.4, -0.2) is 29.5 Å². The maximum absolute atomic E-state index is 12.6. The molecule has 1 heterocycles. The molecule has 0 saturated carbocycles. The van der Waals surface area contributed by atoms with Crippen molar-refractivity contribution >= 4 is 12.0 Å². The van der Waals surface area contributed by atoms with Crippen molar-refractivity contribution in [1.82, 2.24) is 9.78 Å². The number of hydrogen-bond acceptors (Lipinski definition) is 5. The molecule has 1 atom stereocenters. The first kappa shape index (κ1) is 18.9. The number of nitrogens with zero attached hydrogens (tertiary/aromatic N) is 2. The lowest BCUT2D eigenvalue weighted by Gasteiger charge is -2.20. The summed E-state index contributed by atoms with van der Waals surface area (Å²) < 4.78 is 11.3. The minimum absolute atomic E-state index is 0.219. The highest BCUT2D eigenvalue weighted by Gasteiger charge is 2.26. The summed E-state index contributed by atoms with van der Waals surface area (Å²) in [6.45, 7) is 9.96. The summed E-state index contributed by atoms with van der Waals surface area (Å²) in [5.41, 5.74) is 1.67. The summed E-state index contributed by atoms with van der Waals surface area (Å²) in [6.07, 6.45) is 3.72. The van der Waals surface area contributed by atoms with Gasteiger partial charge in [0.15, 0.2) is 6.04 Å². The number of methoxy groups -OCH3 is 1. The zero-order valence-corrected chi connectivity index (χ0v) is 14.8. The lowest BCUT2D eigenvalue weighted by Crippen LogP contribution is -2.35. The molecule has 0 radical (unpaired) electrons. The highest BCUT2D eigenvalue weighted by molar-refractivity contribution is 5.74.